The normalized spacial score (nSPS) is 19.9. The Labute approximate surface area is 456 Å². The van der Waals surface area contributed by atoms with Crippen molar-refractivity contribution >= 4 is 11.9 Å². The zero-order valence-corrected chi connectivity index (χ0v) is 47.4. The fourth-order valence-electron chi connectivity index (χ4n) is 8.64. The summed E-state index contributed by atoms with van der Waals surface area (Å²) >= 11 is 0. The standard InChI is InChI=1S/C64H109NO10/c1-4-7-10-13-16-19-22-24-26-28-30-31-33-36-39-42-45-48-51-57(68)63(72)65-55(56(67)50-47-44-41-38-35-21-18-15-12-9-6-3)54-73-64-62(61(71)60(70)58(53-66)74-64)75-59(69)52-49-46-43-40-37-34-32-29-27-25-23-20-17-14-11-8-5-2/h16-17,19-20,24-27,30-32,34,36,39,47,50,55-58,60-62,64,66-68,70-71H,4-15,18,21-23,28-29,33,35,37-38,40-46,48-49,51-54H2,1-3H3,(H,65,72)/b19-16-,20-17-,26-24-,27-25-,31-30-,34-32-,39-36-,50-47+. The fourth-order valence-corrected chi connectivity index (χ4v) is 8.64. The summed E-state index contributed by atoms with van der Waals surface area (Å²) in [4.78, 5) is 26.5. The van der Waals surface area contributed by atoms with Gasteiger partial charge in [-0.15, -0.1) is 0 Å². The molecule has 430 valence electrons. The molecule has 8 atom stereocenters. The summed E-state index contributed by atoms with van der Waals surface area (Å²) in [6, 6.07) is -1.05. The molecule has 6 N–H and O–H groups in total. The Kier molecular flexibility index (Phi) is 47.6. The van der Waals surface area contributed by atoms with E-state index in [1.165, 1.54) is 77.0 Å². The molecular weight excluding hydrogens is 943 g/mol. The maximum Gasteiger partial charge on any atom is 0.306 e. The zero-order valence-electron chi connectivity index (χ0n) is 47.4. The lowest BCUT2D eigenvalue weighted by molar-refractivity contribution is -0.305. The molecule has 0 saturated carbocycles. The lowest BCUT2D eigenvalue weighted by atomic mass is 9.99. The molecule has 11 nitrogen and oxygen atoms in total. The van der Waals surface area contributed by atoms with Gasteiger partial charge in [-0.1, -0.05) is 214 Å². The van der Waals surface area contributed by atoms with Gasteiger partial charge < -0.3 is 45.1 Å². The SMILES string of the molecule is CCCCC/C=C\C/C=C\C/C=C\C/C=C\CCCCC(O)C(=O)NC(COC1OC(CO)C(O)C(O)C1OC(=O)CCCCCC/C=C\C/C=C\C/C=C\CCCCC)C(O)/C=C/CCCCCCCCCCC. The van der Waals surface area contributed by atoms with Crippen LogP contribution in [0.5, 0.6) is 0 Å². The van der Waals surface area contributed by atoms with Crippen LogP contribution in [-0.4, -0.2) is 99.6 Å². The lowest BCUT2D eigenvalue weighted by Crippen LogP contribution is -2.61. The maximum absolute atomic E-state index is 13.4. The first-order valence-corrected chi connectivity index (χ1v) is 30.0. The second kappa shape index (κ2) is 51.3. The van der Waals surface area contributed by atoms with E-state index in [1.54, 1.807) is 6.08 Å². The molecule has 1 rings (SSSR count). The van der Waals surface area contributed by atoms with Crippen molar-refractivity contribution < 1.29 is 49.3 Å². The Balaban J connectivity index is 2.74. The Morgan fingerprint density at radius 2 is 0.920 bits per heavy atom. The molecule has 0 aromatic heterocycles. The van der Waals surface area contributed by atoms with Crippen LogP contribution in [0.15, 0.2) is 97.2 Å². The molecule has 0 spiro atoms. The zero-order chi connectivity index (χ0) is 54.7. The predicted molar refractivity (Wildman–Crippen MR) is 310 cm³/mol. The van der Waals surface area contributed by atoms with Gasteiger partial charge >= 0.3 is 5.97 Å². The summed E-state index contributed by atoms with van der Waals surface area (Å²) in [7, 11) is 0. The molecule has 0 radical (unpaired) electrons. The third-order valence-corrected chi connectivity index (χ3v) is 13.5. The molecule has 1 fully saturated rings. The van der Waals surface area contributed by atoms with Crippen molar-refractivity contribution in [2.24, 2.45) is 0 Å². The fraction of sp³-hybridized carbons (Fsp3) is 0.719. The molecule has 1 heterocycles. The summed E-state index contributed by atoms with van der Waals surface area (Å²) < 4.78 is 17.5. The number of aliphatic hydroxyl groups excluding tert-OH is 5. The van der Waals surface area contributed by atoms with Crippen LogP contribution in [0.2, 0.25) is 0 Å². The summed E-state index contributed by atoms with van der Waals surface area (Å²) in [6.07, 6.45) is 57.3. The molecule has 75 heavy (non-hydrogen) atoms. The predicted octanol–water partition coefficient (Wildman–Crippen LogP) is 13.9. The highest BCUT2D eigenvalue weighted by atomic mass is 16.7. The van der Waals surface area contributed by atoms with Crippen molar-refractivity contribution in [3.05, 3.63) is 97.2 Å². The number of hydrogen-bond donors (Lipinski definition) is 6. The number of carbonyl (C=O) groups excluding carboxylic acids is 2. The molecule has 1 saturated heterocycles. The number of nitrogens with one attached hydrogen (secondary N) is 1. The van der Waals surface area contributed by atoms with E-state index in [4.69, 9.17) is 14.2 Å². The average Bonchev–Trinajstić information content (AvgIpc) is 3.41. The molecular formula is C64H109NO10. The first-order valence-electron chi connectivity index (χ1n) is 30.0. The summed E-state index contributed by atoms with van der Waals surface area (Å²) in [5.41, 5.74) is 0. The number of allylic oxidation sites excluding steroid dienone is 15. The Morgan fingerprint density at radius 3 is 1.40 bits per heavy atom. The Morgan fingerprint density at radius 1 is 0.520 bits per heavy atom. The lowest BCUT2D eigenvalue weighted by Gasteiger charge is -2.41. The third kappa shape index (κ3) is 39.6. The van der Waals surface area contributed by atoms with Gasteiger partial charge in [0, 0.05) is 6.42 Å². The number of aliphatic hydroxyl groups is 5. The van der Waals surface area contributed by atoms with E-state index in [2.05, 4.69) is 111 Å². The van der Waals surface area contributed by atoms with E-state index in [9.17, 15) is 35.1 Å². The van der Waals surface area contributed by atoms with E-state index in [0.717, 1.165) is 109 Å². The first-order chi connectivity index (χ1) is 36.7. The van der Waals surface area contributed by atoms with Gasteiger partial charge in [0.25, 0.3) is 0 Å². The van der Waals surface area contributed by atoms with Gasteiger partial charge in [0.2, 0.25) is 5.91 Å². The Bertz CT molecular complexity index is 1580. The monoisotopic (exact) mass is 1050 g/mol. The number of unbranched alkanes of at least 4 members (excludes halogenated alkanes) is 21. The molecule has 1 aliphatic heterocycles. The highest BCUT2D eigenvalue weighted by Crippen LogP contribution is 2.26. The smallest absolute Gasteiger partial charge is 0.306 e. The van der Waals surface area contributed by atoms with E-state index in [-0.39, 0.29) is 19.4 Å². The highest BCUT2D eigenvalue weighted by molar-refractivity contribution is 5.80. The van der Waals surface area contributed by atoms with Crippen molar-refractivity contribution in [2.75, 3.05) is 13.2 Å². The van der Waals surface area contributed by atoms with Crippen molar-refractivity contribution in [3.8, 4) is 0 Å². The average molecular weight is 1050 g/mol. The van der Waals surface area contributed by atoms with Crippen LogP contribution in [0.25, 0.3) is 0 Å². The van der Waals surface area contributed by atoms with Crippen LogP contribution in [0.1, 0.15) is 233 Å². The minimum absolute atomic E-state index is 0.0890. The van der Waals surface area contributed by atoms with Crippen LogP contribution in [0.3, 0.4) is 0 Å². The van der Waals surface area contributed by atoms with E-state index in [0.29, 0.717) is 12.8 Å². The van der Waals surface area contributed by atoms with Gasteiger partial charge in [0.1, 0.15) is 24.4 Å². The van der Waals surface area contributed by atoms with Crippen LogP contribution >= 0.6 is 0 Å². The first kappa shape index (κ1) is 69.6. The quantitative estimate of drug-likeness (QED) is 0.0195. The van der Waals surface area contributed by atoms with Crippen molar-refractivity contribution in [1.29, 1.82) is 0 Å². The number of hydrogen-bond acceptors (Lipinski definition) is 10. The number of amides is 1. The van der Waals surface area contributed by atoms with Crippen LogP contribution in [-0.2, 0) is 23.8 Å². The number of rotatable bonds is 49. The second-order valence-electron chi connectivity index (χ2n) is 20.4. The number of ether oxygens (including phenoxy) is 3. The summed E-state index contributed by atoms with van der Waals surface area (Å²) in [5, 5.41) is 56.8. The second-order valence-corrected chi connectivity index (χ2v) is 20.4. The van der Waals surface area contributed by atoms with Gasteiger partial charge in [-0.25, -0.2) is 0 Å². The number of esters is 1. The summed E-state index contributed by atoms with van der Waals surface area (Å²) in [5.74, 6) is -1.26. The van der Waals surface area contributed by atoms with Gasteiger partial charge in [-0.05, 0) is 109 Å². The van der Waals surface area contributed by atoms with Gasteiger partial charge in [-0.3, -0.25) is 9.59 Å². The molecule has 0 aromatic carbocycles. The van der Waals surface area contributed by atoms with E-state index < -0.39 is 67.4 Å². The van der Waals surface area contributed by atoms with Crippen molar-refractivity contribution in [1.82, 2.24) is 5.32 Å². The van der Waals surface area contributed by atoms with Crippen LogP contribution in [0, 0.1) is 0 Å². The van der Waals surface area contributed by atoms with Gasteiger partial charge in [0.15, 0.2) is 12.4 Å². The van der Waals surface area contributed by atoms with Gasteiger partial charge in [0.05, 0.1) is 25.4 Å². The molecule has 1 amide bonds. The molecule has 0 bridgehead atoms. The molecule has 8 unspecified atom stereocenters. The third-order valence-electron chi connectivity index (χ3n) is 13.5. The molecule has 0 aliphatic carbocycles. The number of carbonyl (C=O) groups is 2. The van der Waals surface area contributed by atoms with Crippen LogP contribution < -0.4 is 5.32 Å². The largest absolute Gasteiger partial charge is 0.454 e. The minimum Gasteiger partial charge on any atom is -0.454 e. The Hall–Kier alpha value is -3.42. The van der Waals surface area contributed by atoms with E-state index >= 15 is 0 Å². The van der Waals surface area contributed by atoms with Crippen LogP contribution in [0.4, 0.5) is 0 Å². The van der Waals surface area contributed by atoms with Crippen molar-refractivity contribution in [2.45, 2.75) is 282 Å². The molecule has 1 aliphatic rings. The van der Waals surface area contributed by atoms with E-state index in [1.807, 2.05) is 6.08 Å². The molecule has 0 aromatic rings. The van der Waals surface area contributed by atoms with Gasteiger partial charge in [-0.2, -0.15) is 0 Å². The van der Waals surface area contributed by atoms with Crippen molar-refractivity contribution in [3.63, 3.8) is 0 Å². The summed E-state index contributed by atoms with van der Waals surface area (Å²) in [6.45, 7) is 5.67. The molecule has 11 heteroatoms. The maximum atomic E-state index is 13.4. The highest BCUT2D eigenvalue weighted by Gasteiger charge is 2.47. The topological polar surface area (TPSA) is 175 Å². The minimum atomic E-state index is -1.63.